The van der Waals surface area contributed by atoms with Gasteiger partial charge in [-0.2, -0.15) is 0 Å². The largest absolute Gasteiger partial charge is 0.353 e. The number of carbonyl (C=O) groups excluding carboxylic acids is 1. The zero-order valence-corrected chi connectivity index (χ0v) is 15.3. The molecule has 1 aliphatic heterocycles. The molecule has 6 nitrogen and oxygen atoms in total. The standard InChI is InChI=1S/C20H27N5O/c1-2-6-18(17-7-4-3-5-8-17)23-20(26)16-24-11-13-25(14-12-24)19-15-21-9-10-22-19/h3-5,7-10,15,18H,2,6,11-14,16H2,1H3,(H,23,26)/t18-/m1/s1. The SMILES string of the molecule is CCC[C@@H](NC(=O)CN1CCN(c2cnccn2)CC1)c1ccccc1. The average Bonchev–Trinajstić information content (AvgIpc) is 2.69. The van der Waals surface area contributed by atoms with Gasteiger partial charge in [-0.3, -0.25) is 14.7 Å². The molecule has 1 saturated heterocycles. The molecule has 1 amide bonds. The van der Waals surface area contributed by atoms with Crippen LogP contribution < -0.4 is 10.2 Å². The van der Waals surface area contributed by atoms with Gasteiger partial charge in [-0.15, -0.1) is 0 Å². The summed E-state index contributed by atoms with van der Waals surface area (Å²) in [6.45, 7) is 6.03. The van der Waals surface area contributed by atoms with Crippen molar-refractivity contribution in [2.24, 2.45) is 0 Å². The molecule has 1 fully saturated rings. The molecule has 0 unspecified atom stereocenters. The third-order valence-corrected chi connectivity index (χ3v) is 4.73. The van der Waals surface area contributed by atoms with Gasteiger partial charge in [0.25, 0.3) is 0 Å². The average molecular weight is 353 g/mol. The Labute approximate surface area is 155 Å². The predicted molar refractivity (Wildman–Crippen MR) is 103 cm³/mol. The number of hydrogen-bond donors (Lipinski definition) is 1. The molecule has 3 rings (SSSR count). The van der Waals surface area contributed by atoms with Gasteiger partial charge in [0.1, 0.15) is 5.82 Å². The lowest BCUT2D eigenvalue weighted by Crippen LogP contribution is -2.50. The number of rotatable bonds is 7. The van der Waals surface area contributed by atoms with Crippen molar-refractivity contribution in [2.75, 3.05) is 37.6 Å². The molecular formula is C20H27N5O. The summed E-state index contributed by atoms with van der Waals surface area (Å²) in [6, 6.07) is 10.3. The fraction of sp³-hybridized carbons (Fsp3) is 0.450. The lowest BCUT2D eigenvalue weighted by molar-refractivity contribution is -0.123. The van der Waals surface area contributed by atoms with Gasteiger partial charge in [0.15, 0.2) is 0 Å². The summed E-state index contributed by atoms with van der Waals surface area (Å²) in [4.78, 5) is 25.4. The summed E-state index contributed by atoms with van der Waals surface area (Å²) < 4.78 is 0. The molecule has 1 atom stereocenters. The number of benzene rings is 1. The van der Waals surface area contributed by atoms with E-state index in [0.717, 1.165) is 44.8 Å². The Bertz CT molecular complexity index is 671. The fourth-order valence-corrected chi connectivity index (χ4v) is 3.33. The van der Waals surface area contributed by atoms with Gasteiger partial charge in [0.05, 0.1) is 18.8 Å². The zero-order valence-electron chi connectivity index (χ0n) is 15.3. The molecule has 1 N–H and O–H groups in total. The minimum Gasteiger partial charge on any atom is -0.353 e. The van der Waals surface area contributed by atoms with Crippen molar-refractivity contribution in [3.8, 4) is 0 Å². The maximum absolute atomic E-state index is 12.5. The molecule has 0 radical (unpaired) electrons. The molecule has 0 spiro atoms. The second kappa shape index (κ2) is 9.29. The van der Waals surface area contributed by atoms with Crippen molar-refractivity contribution in [2.45, 2.75) is 25.8 Å². The van der Waals surface area contributed by atoms with E-state index in [1.807, 2.05) is 18.2 Å². The van der Waals surface area contributed by atoms with Crippen LogP contribution in [0, 0.1) is 0 Å². The first-order valence-electron chi connectivity index (χ1n) is 9.34. The van der Waals surface area contributed by atoms with Crippen LogP contribution in [-0.4, -0.2) is 53.5 Å². The Morgan fingerprint density at radius 1 is 1.15 bits per heavy atom. The van der Waals surface area contributed by atoms with Crippen LogP contribution in [0.5, 0.6) is 0 Å². The van der Waals surface area contributed by atoms with E-state index in [0.29, 0.717) is 6.54 Å². The molecule has 0 saturated carbocycles. The number of carbonyl (C=O) groups is 1. The van der Waals surface area contributed by atoms with Gasteiger partial charge in [-0.25, -0.2) is 4.98 Å². The Kier molecular flexibility index (Phi) is 6.55. The maximum Gasteiger partial charge on any atom is 0.234 e. The Morgan fingerprint density at radius 3 is 2.58 bits per heavy atom. The summed E-state index contributed by atoms with van der Waals surface area (Å²) in [6.07, 6.45) is 7.18. The minimum absolute atomic E-state index is 0.0922. The van der Waals surface area contributed by atoms with Crippen molar-refractivity contribution in [3.05, 3.63) is 54.5 Å². The smallest absolute Gasteiger partial charge is 0.234 e. The summed E-state index contributed by atoms with van der Waals surface area (Å²) in [5, 5.41) is 3.21. The summed E-state index contributed by atoms with van der Waals surface area (Å²) in [5.74, 6) is 1.00. The Hall–Kier alpha value is -2.47. The van der Waals surface area contributed by atoms with Crippen LogP contribution in [0.2, 0.25) is 0 Å². The number of anilines is 1. The highest BCUT2D eigenvalue weighted by atomic mass is 16.2. The van der Waals surface area contributed by atoms with Crippen LogP contribution in [0.25, 0.3) is 0 Å². The number of nitrogens with one attached hydrogen (secondary N) is 1. The quantitative estimate of drug-likeness (QED) is 0.827. The van der Waals surface area contributed by atoms with E-state index in [-0.39, 0.29) is 11.9 Å². The van der Waals surface area contributed by atoms with E-state index in [1.54, 1.807) is 18.6 Å². The van der Waals surface area contributed by atoms with Gasteiger partial charge in [-0.1, -0.05) is 43.7 Å². The highest BCUT2D eigenvalue weighted by Gasteiger charge is 2.21. The van der Waals surface area contributed by atoms with Crippen molar-refractivity contribution < 1.29 is 4.79 Å². The molecule has 26 heavy (non-hydrogen) atoms. The minimum atomic E-state index is 0.0922. The lowest BCUT2D eigenvalue weighted by Gasteiger charge is -2.35. The highest BCUT2D eigenvalue weighted by molar-refractivity contribution is 5.78. The topological polar surface area (TPSA) is 61.4 Å². The highest BCUT2D eigenvalue weighted by Crippen LogP contribution is 2.18. The molecule has 0 bridgehead atoms. The lowest BCUT2D eigenvalue weighted by atomic mass is 10.0. The summed E-state index contributed by atoms with van der Waals surface area (Å²) in [7, 11) is 0. The molecule has 138 valence electrons. The number of piperazine rings is 1. The third kappa shape index (κ3) is 5.02. The molecule has 0 aliphatic carbocycles. The van der Waals surface area contributed by atoms with Crippen LogP contribution in [0.4, 0.5) is 5.82 Å². The zero-order chi connectivity index (χ0) is 18.2. The van der Waals surface area contributed by atoms with Crippen LogP contribution >= 0.6 is 0 Å². The van der Waals surface area contributed by atoms with Gasteiger partial charge in [-0.05, 0) is 12.0 Å². The van der Waals surface area contributed by atoms with Crippen molar-refractivity contribution in [1.82, 2.24) is 20.2 Å². The molecule has 1 aliphatic rings. The van der Waals surface area contributed by atoms with Crippen LogP contribution in [0.3, 0.4) is 0 Å². The van der Waals surface area contributed by atoms with E-state index < -0.39 is 0 Å². The number of nitrogens with zero attached hydrogens (tertiary/aromatic N) is 4. The van der Waals surface area contributed by atoms with E-state index in [4.69, 9.17) is 0 Å². The number of aromatic nitrogens is 2. The van der Waals surface area contributed by atoms with E-state index in [2.05, 4.69) is 44.1 Å². The first-order valence-corrected chi connectivity index (χ1v) is 9.34. The second-order valence-electron chi connectivity index (χ2n) is 6.65. The molecule has 2 heterocycles. The van der Waals surface area contributed by atoms with Gasteiger partial charge in [0.2, 0.25) is 5.91 Å². The summed E-state index contributed by atoms with van der Waals surface area (Å²) in [5.41, 5.74) is 1.18. The Morgan fingerprint density at radius 2 is 1.92 bits per heavy atom. The first kappa shape index (κ1) is 18.3. The normalized spacial score (nSPS) is 16.3. The number of amides is 1. The third-order valence-electron chi connectivity index (χ3n) is 4.73. The monoisotopic (exact) mass is 353 g/mol. The maximum atomic E-state index is 12.5. The van der Waals surface area contributed by atoms with Gasteiger partial charge in [0, 0.05) is 38.6 Å². The van der Waals surface area contributed by atoms with Crippen molar-refractivity contribution >= 4 is 11.7 Å². The molecule has 2 aromatic rings. The molecule has 1 aromatic heterocycles. The van der Waals surface area contributed by atoms with Crippen LogP contribution in [-0.2, 0) is 4.79 Å². The van der Waals surface area contributed by atoms with Crippen LogP contribution in [0.1, 0.15) is 31.4 Å². The fourth-order valence-electron chi connectivity index (χ4n) is 3.33. The van der Waals surface area contributed by atoms with E-state index >= 15 is 0 Å². The molecule has 6 heteroatoms. The van der Waals surface area contributed by atoms with Gasteiger partial charge < -0.3 is 10.2 Å². The van der Waals surface area contributed by atoms with Gasteiger partial charge >= 0.3 is 0 Å². The van der Waals surface area contributed by atoms with Crippen LogP contribution in [0.15, 0.2) is 48.9 Å². The summed E-state index contributed by atoms with van der Waals surface area (Å²) >= 11 is 0. The van der Waals surface area contributed by atoms with Crippen molar-refractivity contribution in [1.29, 1.82) is 0 Å². The molecule has 1 aromatic carbocycles. The van der Waals surface area contributed by atoms with E-state index in [9.17, 15) is 4.79 Å². The molecular weight excluding hydrogens is 326 g/mol. The first-order chi connectivity index (χ1) is 12.8. The second-order valence-corrected chi connectivity index (χ2v) is 6.65. The van der Waals surface area contributed by atoms with E-state index in [1.165, 1.54) is 5.56 Å². The Balaban J connectivity index is 1.49. The van der Waals surface area contributed by atoms with Crippen molar-refractivity contribution in [3.63, 3.8) is 0 Å². The number of hydrogen-bond acceptors (Lipinski definition) is 5. The predicted octanol–water partition coefficient (Wildman–Crippen LogP) is 2.26.